The van der Waals surface area contributed by atoms with Gasteiger partial charge in [0.05, 0.1) is 0 Å². The molecule has 16 heavy (non-hydrogen) atoms. The van der Waals surface area contributed by atoms with Gasteiger partial charge in [-0.05, 0) is 12.1 Å². The molecule has 0 radical (unpaired) electrons. The largest absolute Gasteiger partial charge is 0.330 e. The molecule has 1 aromatic rings. The Balaban J connectivity index is 2.77. The second-order valence-corrected chi connectivity index (χ2v) is 3.94. The summed E-state index contributed by atoms with van der Waals surface area (Å²) in [5.74, 6) is 6.17. The first-order valence-corrected chi connectivity index (χ1v) is 5.48. The number of hydrogen-bond acceptors (Lipinski definition) is 2. The molecular weight excluding hydrogens is 198 g/mol. The smallest absolute Gasteiger partial charge is 0.165 e. The van der Waals surface area contributed by atoms with Crippen LogP contribution in [0.25, 0.3) is 0 Å². The highest BCUT2D eigenvalue weighted by Crippen LogP contribution is 2.09. The summed E-state index contributed by atoms with van der Waals surface area (Å²) in [5.41, 5.74) is 7.02. The first kappa shape index (κ1) is 12.5. The lowest BCUT2D eigenvalue weighted by atomic mass is 10.0. The molecule has 0 atom stereocenters. The zero-order chi connectivity index (χ0) is 12.0. The van der Waals surface area contributed by atoms with E-state index in [1.54, 1.807) is 0 Å². The molecule has 0 bridgehead atoms. The SMILES string of the molecule is CC(C)C(=O)c1ccc(C#CCCN)cc1. The number of Topliss-reactive ketones (excluding diaryl/α,β-unsaturated/α-hetero) is 1. The third-order valence-electron chi connectivity index (χ3n) is 2.20. The Hall–Kier alpha value is -1.59. The number of benzene rings is 1. The van der Waals surface area contributed by atoms with E-state index in [9.17, 15) is 4.79 Å². The van der Waals surface area contributed by atoms with Gasteiger partial charge >= 0.3 is 0 Å². The van der Waals surface area contributed by atoms with Crippen molar-refractivity contribution in [3.8, 4) is 11.8 Å². The lowest BCUT2D eigenvalue weighted by Crippen LogP contribution is -2.06. The van der Waals surface area contributed by atoms with Crippen LogP contribution in [0, 0.1) is 17.8 Å². The van der Waals surface area contributed by atoms with Crippen LogP contribution >= 0.6 is 0 Å². The maximum absolute atomic E-state index is 11.7. The molecule has 1 rings (SSSR count). The summed E-state index contributed by atoms with van der Waals surface area (Å²) in [6.45, 7) is 4.38. The number of hydrogen-bond donors (Lipinski definition) is 1. The van der Waals surface area contributed by atoms with Crippen molar-refractivity contribution in [2.24, 2.45) is 11.7 Å². The lowest BCUT2D eigenvalue weighted by molar-refractivity contribution is 0.0939. The molecule has 2 N–H and O–H groups in total. The fourth-order valence-corrected chi connectivity index (χ4v) is 1.29. The van der Waals surface area contributed by atoms with Crippen molar-refractivity contribution in [1.82, 2.24) is 0 Å². The maximum atomic E-state index is 11.7. The van der Waals surface area contributed by atoms with E-state index < -0.39 is 0 Å². The van der Waals surface area contributed by atoms with Crippen molar-refractivity contribution >= 4 is 5.78 Å². The predicted octanol–water partition coefficient (Wildman–Crippen LogP) is 2.23. The quantitative estimate of drug-likeness (QED) is 0.620. The third kappa shape index (κ3) is 3.52. The first-order valence-electron chi connectivity index (χ1n) is 5.48. The molecule has 0 unspecified atom stereocenters. The molecule has 1 aromatic carbocycles. The van der Waals surface area contributed by atoms with Gasteiger partial charge in [-0.25, -0.2) is 0 Å². The Morgan fingerprint density at radius 1 is 1.31 bits per heavy atom. The third-order valence-corrected chi connectivity index (χ3v) is 2.20. The minimum absolute atomic E-state index is 0.0363. The van der Waals surface area contributed by atoms with Crippen molar-refractivity contribution < 1.29 is 4.79 Å². The van der Waals surface area contributed by atoms with Crippen LogP contribution in [0.2, 0.25) is 0 Å². The number of carbonyl (C=O) groups is 1. The van der Waals surface area contributed by atoms with Crippen LogP contribution in [0.1, 0.15) is 36.2 Å². The summed E-state index contributed by atoms with van der Waals surface area (Å²) in [6, 6.07) is 7.40. The Morgan fingerprint density at radius 2 is 1.94 bits per heavy atom. The summed E-state index contributed by atoms with van der Waals surface area (Å²) in [5, 5.41) is 0. The van der Waals surface area contributed by atoms with E-state index in [4.69, 9.17) is 5.73 Å². The van der Waals surface area contributed by atoms with Gasteiger partial charge in [0.25, 0.3) is 0 Å². The highest BCUT2D eigenvalue weighted by atomic mass is 16.1. The van der Waals surface area contributed by atoms with E-state index in [-0.39, 0.29) is 11.7 Å². The van der Waals surface area contributed by atoms with Crippen molar-refractivity contribution in [2.75, 3.05) is 6.54 Å². The maximum Gasteiger partial charge on any atom is 0.165 e. The van der Waals surface area contributed by atoms with Gasteiger partial charge < -0.3 is 5.73 Å². The summed E-state index contributed by atoms with van der Waals surface area (Å²) < 4.78 is 0. The topological polar surface area (TPSA) is 43.1 Å². The van der Waals surface area contributed by atoms with Crippen molar-refractivity contribution in [3.05, 3.63) is 35.4 Å². The van der Waals surface area contributed by atoms with Crippen LogP contribution in [0.4, 0.5) is 0 Å². The van der Waals surface area contributed by atoms with Crippen LogP contribution in [0.3, 0.4) is 0 Å². The van der Waals surface area contributed by atoms with Crippen LogP contribution in [0.5, 0.6) is 0 Å². The monoisotopic (exact) mass is 215 g/mol. The van der Waals surface area contributed by atoms with Gasteiger partial charge in [0.2, 0.25) is 0 Å². The van der Waals surface area contributed by atoms with Gasteiger partial charge in [0.15, 0.2) is 5.78 Å². The summed E-state index contributed by atoms with van der Waals surface area (Å²) in [7, 11) is 0. The summed E-state index contributed by atoms with van der Waals surface area (Å²) in [4.78, 5) is 11.7. The van der Waals surface area contributed by atoms with Crippen molar-refractivity contribution in [3.63, 3.8) is 0 Å². The zero-order valence-corrected chi connectivity index (χ0v) is 9.79. The number of nitrogens with two attached hydrogens (primary N) is 1. The highest BCUT2D eigenvalue weighted by molar-refractivity contribution is 5.97. The highest BCUT2D eigenvalue weighted by Gasteiger charge is 2.09. The van der Waals surface area contributed by atoms with E-state index >= 15 is 0 Å². The van der Waals surface area contributed by atoms with Crippen molar-refractivity contribution in [1.29, 1.82) is 0 Å². The Bertz CT molecular complexity index is 407. The molecule has 2 nitrogen and oxygen atoms in total. The molecule has 0 aromatic heterocycles. The lowest BCUT2D eigenvalue weighted by Gasteiger charge is -2.03. The number of carbonyl (C=O) groups excluding carboxylic acids is 1. The van der Waals surface area contributed by atoms with Gasteiger partial charge in [0.1, 0.15) is 0 Å². The Morgan fingerprint density at radius 3 is 2.44 bits per heavy atom. The molecule has 0 saturated carbocycles. The molecular formula is C14H17NO. The number of rotatable bonds is 3. The van der Waals surface area contributed by atoms with Crippen LogP contribution in [0.15, 0.2) is 24.3 Å². The number of ketones is 1. The Labute approximate surface area is 96.9 Å². The molecule has 0 aliphatic heterocycles. The van der Waals surface area contributed by atoms with Gasteiger partial charge in [-0.2, -0.15) is 0 Å². The molecule has 0 spiro atoms. The normalized spacial score (nSPS) is 9.75. The molecule has 0 aliphatic carbocycles. The molecule has 2 heteroatoms. The van der Waals surface area contributed by atoms with E-state index in [1.807, 2.05) is 38.1 Å². The second-order valence-electron chi connectivity index (χ2n) is 3.94. The van der Waals surface area contributed by atoms with Crippen molar-refractivity contribution in [2.45, 2.75) is 20.3 Å². The first-order chi connectivity index (χ1) is 7.65. The minimum atomic E-state index is 0.0363. The van der Waals surface area contributed by atoms with Gasteiger partial charge in [-0.3, -0.25) is 4.79 Å². The molecule has 84 valence electrons. The van der Waals surface area contributed by atoms with E-state index in [0.717, 1.165) is 11.1 Å². The predicted molar refractivity (Wildman–Crippen MR) is 66.2 cm³/mol. The van der Waals surface area contributed by atoms with Gasteiger partial charge in [-0.1, -0.05) is 37.8 Å². The van der Waals surface area contributed by atoms with E-state index in [2.05, 4.69) is 11.8 Å². The fourth-order valence-electron chi connectivity index (χ4n) is 1.29. The molecule has 0 saturated heterocycles. The van der Waals surface area contributed by atoms with Gasteiger partial charge in [-0.15, -0.1) is 0 Å². The minimum Gasteiger partial charge on any atom is -0.330 e. The standard InChI is InChI=1S/C14H17NO/c1-11(2)14(16)13-8-6-12(7-9-13)5-3-4-10-15/h6-9,11H,4,10,15H2,1-2H3. The van der Waals surface area contributed by atoms with E-state index in [1.165, 1.54) is 0 Å². The average Bonchev–Trinajstić information content (AvgIpc) is 2.29. The molecule has 0 aliphatic rings. The molecule has 0 heterocycles. The molecule has 0 fully saturated rings. The molecule has 0 amide bonds. The summed E-state index contributed by atoms with van der Waals surface area (Å²) in [6.07, 6.45) is 0.701. The Kier molecular flexibility index (Phi) is 4.75. The summed E-state index contributed by atoms with van der Waals surface area (Å²) >= 11 is 0. The van der Waals surface area contributed by atoms with E-state index in [0.29, 0.717) is 13.0 Å². The fraction of sp³-hybridized carbons (Fsp3) is 0.357. The van der Waals surface area contributed by atoms with Gasteiger partial charge in [0, 0.05) is 30.0 Å². The van der Waals surface area contributed by atoms with Crippen LogP contribution < -0.4 is 5.73 Å². The second kappa shape index (κ2) is 6.09. The average molecular weight is 215 g/mol. The van der Waals surface area contributed by atoms with Crippen LogP contribution in [-0.4, -0.2) is 12.3 Å². The zero-order valence-electron chi connectivity index (χ0n) is 9.79. The van der Waals surface area contributed by atoms with Crippen LogP contribution in [-0.2, 0) is 0 Å².